The number of hydrogen-bond donors (Lipinski definition) is 1. The molecule has 27 heavy (non-hydrogen) atoms. The Hall–Kier alpha value is -2.38. The van der Waals surface area contributed by atoms with Gasteiger partial charge in [0.05, 0.1) is 6.54 Å². The van der Waals surface area contributed by atoms with Crippen molar-refractivity contribution in [3.05, 3.63) is 46.3 Å². The molecule has 2 amide bonds. The SMILES string of the molecule is Cl.O=C(c1cc2ccccc2oc1=O)N1CCCC(N2CCNCC2=O)C1. The Balaban J connectivity index is 0.00000210. The normalized spacial score (nSPS) is 20.4. The molecule has 144 valence electrons. The van der Waals surface area contributed by atoms with Gasteiger partial charge in [0.2, 0.25) is 5.91 Å². The van der Waals surface area contributed by atoms with E-state index in [0.29, 0.717) is 31.8 Å². The van der Waals surface area contributed by atoms with E-state index in [-0.39, 0.29) is 35.8 Å². The molecule has 1 atom stereocenters. The number of para-hydroxylation sites is 1. The predicted molar refractivity (Wildman–Crippen MR) is 103 cm³/mol. The first-order valence-corrected chi connectivity index (χ1v) is 8.96. The van der Waals surface area contributed by atoms with Crippen LogP contribution in [-0.4, -0.2) is 60.4 Å². The lowest BCUT2D eigenvalue weighted by Gasteiger charge is -2.41. The number of carbonyl (C=O) groups is 2. The van der Waals surface area contributed by atoms with E-state index in [9.17, 15) is 14.4 Å². The number of fused-ring (bicyclic) bond motifs is 1. The van der Waals surface area contributed by atoms with Crippen molar-refractivity contribution in [1.29, 1.82) is 0 Å². The van der Waals surface area contributed by atoms with Gasteiger partial charge in [-0.1, -0.05) is 18.2 Å². The Bertz CT molecular complexity index is 913. The van der Waals surface area contributed by atoms with Crippen molar-refractivity contribution in [2.45, 2.75) is 18.9 Å². The van der Waals surface area contributed by atoms with E-state index >= 15 is 0 Å². The van der Waals surface area contributed by atoms with E-state index in [1.807, 2.05) is 17.0 Å². The monoisotopic (exact) mass is 391 g/mol. The summed E-state index contributed by atoms with van der Waals surface area (Å²) in [5, 5.41) is 3.79. The van der Waals surface area contributed by atoms with E-state index in [1.54, 1.807) is 23.1 Å². The largest absolute Gasteiger partial charge is 0.422 e. The summed E-state index contributed by atoms with van der Waals surface area (Å²) >= 11 is 0. The first-order valence-electron chi connectivity index (χ1n) is 8.96. The number of rotatable bonds is 2. The molecule has 2 aliphatic heterocycles. The zero-order chi connectivity index (χ0) is 18.1. The van der Waals surface area contributed by atoms with Crippen LogP contribution in [0.4, 0.5) is 0 Å². The molecule has 0 bridgehead atoms. The molecule has 2 aromatic rings. The first-order chi connectivity index (χ1) is 12.6. The summed E-state index contributed by atoms with van der Waals surface area (Å²) in [6.07, 6.45) is 1.69. The van der Waals surface area contributed by atoms with Gasteiger partial charge in [-0.2, -0.15) is 0 Å². The number of likely N-dealkylation sites (tertiary alicyclic amines) is 1. The zero-order valence-corrected chi connectivity index (χ0v) is 15.7. The molecule has 0 radical (unpaired) electrons. The van der Waals surface area contributed by atoms with Gasteiger partial charge in [-0.3, -0.25) is 9.59 Å². The van der Waals surface area contributed by atoms with E-state index in [2.05, 4.69) is 5.32 Å². The number of amides is 2. The molecular weight excluding hydrogens is 370 g/mol. The number of carbonyl (C=O) groups excluding carboxylic acids is 2. The molecule has 2 aliphatic rings. The van der Waals surface area contributed by atoms with Crippen molar-refractivity contribution < 1.29 is 14.0 Å². The molecule has 7 nitrogen and oxygen atoms in total. The summed E-state index contributed by atoms with van der Waals surface area (Å²) in [7, 11) is 0. The van der Waals surface area contributed by atoms with Crippen LogP contribution in [0.25, 0.3) is 11.0 Å². The number of benzene rings is 1. The molecule has 2 saturated heterocycles. The number of hydrogen-bond acceptors (Lipinski definition) is 5. The van der Waals surface area contributed by atoms with Crippen LogP contribution in [0, 0.1) is 0 Å². The van der Waals surface area contributed by atoms with Crippen LogP contribution in [0.2, 0.25) is 0 Å². The van der Waals surface area contributed by atoms with Crippen molar-refractivity contribution in [2.75, 3.05) is 32.7 Å². The van der Waals surface area contributed by atoms with Crippen LogP contribution in [0.5, 0.6) is 0 Å². The number of halogens is 1. The lowest BCUT2D eigenvalue weighted by molar-refractivity contribution is -0.135. The predicted octanol–water partition coefficient (Wildman–Crippen LogP) is 1.25. The van der Waals surface area contributed by atoms with Crippen molar-refractivity contribution >= 4 is 35.2 Å². The van der Waals surface area contributed by atoms with Gasteiger partial charge in [-0.15, -0.1) is 12.4 Å². The average molecular weight is 392 g/mol. The summed E-state index contributed by atoms with van der Waals surface area (Å²) in [5.41, 5.74) is -0.0953. The van der Waals surface area contributed by atoms with Crippen molar-refractivity contribution in [3.8, 4) is 0 Å². The van der Waals surface area contributed by atoms with Crippen molar-refractivity contribution in [3.63, 3.8) is 0 Å². The number of nitrogens with one attached hydrogen (secondary N) is 1. The Morgan fingerprint density at radius 3 is 2.81 bits per heavy atom. The highest BCUT2D eigenvalue weighted by Crippen LogP contribution is 2.20. The lowest BCUT2D eigenvalue weighted by Crippen LogP contribution is -2.57. The molecule has 1 aromatic heterocycles. The van der Waals surface area contributed by atoms with Crippen molar-refractivity contribution in [2.24, 2.45) is 0 Å². The second kappa shape index (κ2) is 8.10. The topological polar surface area (TPSA) is 82.9 Å². The number of nitrogens with zero attached hydrogens (tertiary/aromatic N) is 2. The van der Waals surface area contributed by atoms with Crippen molar-refractivity contribution in [1.82, 2.24) is 15.1 Å². The lowest BCUT2D eigenvalue weighted by atomic mass is 10.0. The molecule has 4 rings (SSSR count). The average Bonchev–Trinajstić information content (AvgIpc) is 2.67. The van der Waals surface area contributed by atoms with Gasteiger partial charge in [0.1, 0.15) is 11.1 Å². The van der Waals surface area contributed by atoms with E-state index < -0.39 is 5.63 Å². The molecule has 1 N–H and O–H groups in total. The quantitative estimate of drug-likeness (QED) is 0.779. The van der Waals surface area contributed by atoms with Crippen LogP contribution in [0.1, 0.15) is 23.2 Å². The third kappa shape index (κ3) is 3.84. The highest BCUT2D eigenvalue weighted by atomic mass is 35.5. The van der Waals surface area contributed by atoms with Gasteiger partial charge in [0, 0.05) is 37.6 Å². The van der Waals surface area contributed by atoms with Crippen LogP contribution < -0.4 is 10.9 Å². The highest BCUT2D eigenvalue weighted by molar-refractivity contribution is 5.96. The third-order valence-corrected chi connectivity index (χ3v) is 5.12. The highest BCUT2D eigenvalue weighted by Gasteiger charge is 2.32. The fourth-order valence-electron chi connectivity index (χ4n) is 3.78. The minimum atomic E-state index is -0.617. The standard InChI is InChI=1S/C19H21N3O4.ClH/c23-17-11-20-7-9-22(17)14-5-3-8-21(12-14)18(24)15-10-13-4-1-2-6-16(13)26-19(15)25;/h1-2,4,6,10,14,20H,3,5,7-9,11-12H2;1H. The summed E-state index contributed by atoms with van der Waals surface area (Å²) in [4.78, 5) is 40.9. The molecule has 0 saturated carbocycles. The molecule has 2 fully saturated rings. The van der Waals surface area contributed by atoms with Crippen LogP contribution >= 0.6 is 12.4 Å². The van der Waals surface area contributed by atoms with E-state index in [4.69, 9.17) is 4.42 Å². The molecule has 8 heteroatoms. The summed E-state index contributed by atoms with van der Waals surface area (Å²) in [6.45, 7) is 2.81. The van der Waals surface area contributed by atoms with Crippen LogP contribution in [0.3, 0.4) is 0 Å². The maximum atomic E-state index is 12.9. The molecule has 3 heterocycles. The fraction of sp³-hybridized carbons (Fsp3) is 0.421. The zero-order valence-electron chi connectivity index (χ0n) is 14.8. The Morgan fingerprint density at radius 2 is 2.00 bits per heavy atom. The molecule has 0 spiro atoms. The minimum absolute atomic E-state index is 0. The van der Waals surface area contributed by atoms with Crippen LogP contribution in [-0.2, 0) is 4.79 Å². The Kier molecular flexibility index (Phi) is 5.82. The number of piperazine rings is 1. The summed E-state index contributed by atoms with van der Waals surface area (Å²) < 4.78 is 5.29. The summed E-state index contributed by atoms with van der Waals surface area (Å²) in [6, 6.07) is 8.75. The van der Waals surface area contributed by atoms with Gasteiger partial charge in [-0.25, -0.2) is 4.79 Å². The van der Waals surface area contributed by atoms with E-state index in [0.717, 1.165) is 24.8 Å². The Labute approximate surface area is 162 Å². The third-order valence-electron chi connectivity index (χ3n) is 5.12. The second-order valence-corrected chi connectivity index (χ2v) is 6.80. The maximum Gasteiger partial charge on any atom is 0.349 e. The van der Waals surface area contributed by atoms with Gasteiger partial charge in [-0.05, 0) is 25.0 Å². The van der Waals surface area contributed by atoms with Gasteiger partial charge < -0.3 is 19.5 Å². The van der Waals surface area contributed by atoms with Gasteiger partial charge in [0.15, 0.2) is 0 Å². The first kappa shape index (κ1) is 19.4. The number of piperidine rings is 1. The molecule has 0 aliphatic carbocycles. The Morgan fingerprint density at radius 1 is 1.19 bits per heavy atom. The van der Waals surface area contributed by atoms with Crippen LogP contribution in [0.15, 0.2) is 39.5 Å². The minimum Gasteiger partial charge on any atom is -0.422 e. The molecule has 1 aromatic carbocycles. The van der Waals surface area contributed by atoms with E-state index in [1.165, 1.54) is 0 Å². The maximum absolute atomic E-state index is 12.9. The molecule has 1 unspecified atom stereocenters. The van der Waals surface area contributed by atoms with Gasteiger partial charge in [0.25, 0.3) is 5.91 Å². The fourth-order valence-corrected chi connectivity index (χ4v) is 3.78. The summed E-state index contributed by atoms with van der Waals surface area (Å²) in [5.74, 6) is -0.252. The smallest absolute Gasteiger partial charge is 0.349 e. The second-order valence-electron chi connectivity index (χ2n) is 6.80. The van der Waals surface area contributed by atoms with Gasteiger partial charge >= 0.3 is 5.63 Å². The molecular formula is C19H22ClN3O4.